The van der Waals surface area contributed by atoms with Crippen LogP contribution in [-0.4, -0.2) is 31.4 Å². The summed E-state index contributed by atoms with van der Waals surface area (Å²) in [4.78, 5) is 10.2. The van der Waals surface area contributed by atoms with Crippen molar-refractivity contribution in [2.45, 2.75) is 5.92 Å². The Kier molecular flexibility index (Phi) is 4.86. The Balaban J connectivity index is 2.80. The van der Waals surface area contributed by atoms with Gasteiger partial charge in [0.2, 0.25) is 0 Å². The quantitative estimate of drug-likeness (QED) is 0.870. The molecule has 0 fully saturated rings. The zero-order valence-electron chi connectivity index (χ0n) is 9.45. The Bertz CT molecular complexity index is 437. The van der Waals surface area contributed by atoms with E-state index in [4.69, 9.17) is 21.4 Å². The topological polar surface area (TPSA) is 55.8 Å². The molecule has 18 heavy (non-hydrogen) atoms. The van der Waals surface area contributed by atoms with Crippen LogP contribution in [0, 0.1) is 0 Å². The van der Waals surface area contributed by atoms with Gasteiger partial charge in [0.25, 0.3) is 5.92 Å². The molecule has 1 rings (SSSR count). The average molecular weight is 281 g/mol. The van der Waals surface area contributed by atoms with E-state index in [1.54, 1.807) is 0 Å². The van der Waals surface area contributed by atoms with Crippen LogP contribution in [0.15, 0.2) is 18.2 Å². The maximum Gasteiger partial charge on any atom is 0.329 e. The fourth-order valence-electron chi connectivity index (χ4n) is 1.26. The van der Waals surface area contributed by atoms with Gasteiger partial charge in [-0.3, -0.25) is 0 Å². The van der Waals surface area contributed by atoms with Crippen molar-refractivity contribution < 1.29 is 28.2 Å². The summed E-state index contributed by atoms with van der Waals surface area (Å²) in [5, 5.41) is 8.12. The van der Waals surface area contributed by atoms with Crippen LogP contribution in [0.5, 0.6) is 5.75 Å². The number of halogens is 3. The van der Waals surface area contributed by atoms with Crippen LogP contribution in [0.25, 0.3) is 0 Å². The molecule has 0 aliphatic carbocycles. The molecule has 0 amide bonds. The fourth-order valence-corrected chi connectivity index (χ4v) is 1.57. The molecular weight excluding hydrogens is 270 g/mol. The van der Waals surface area contributed by atoms with Crippen molar-refractivity contribution in [2.75, 3.05) is 20.3 Å². The van der Waals surface area contributed by atoms with Crippen LogP contribution in [0.2, 0.25) is 5.02 Å². The first kappa shape index (κ1) is 14.7. The first-order valence-electron chi connectivity index (χ1n) is 4.88. The lowest BCUT2D eigenvalue weighted by Crippen LogP contribution is -2.23. The van der Waals surface area contributed by atoms with Gasteiger partial charge in [-0.25, -0.2) is 4.79 Å². The number of carbonyl (C=O) groups is 1. The second-order valence-corrected chi connectivity index (χ2v) is 3.84. The van der Waals surface area contributed by atoms with Gasteiger partial charge in [-0.1, -0.05) is 11.6 Å². The van der Waals surface area contributed by atoms with E-state index in [2.05, 4.69) is 4.74 Å². The van der Waals surface area contributed by atoms with Gasteiger partial charge in [0.15, 0.2) is 0 Å². The van der Waals surface area contributed by atoms with Crippen molar-refractivity contribution in [1.82, 2.24) is 0 Å². The number of carboxylic acid groups (broad SMARTS) is 1. The van der Waals surface area contributed by atoms with Crippen LogP contribution >= 0.6 is 11.6 Å². The highest BCUT2D eigenvalue weighted by Gasteiger charge is 2.34. The molecule has 4 nitrogen and oxygen atoms in total. The minimum atomic E-state index is -3.36. The maximum atomic E-state index is 13.7. The van der Waals surface area contributed by atoms with Crippen molar-refractivity contribution in [3.8, 4) is 5.75 Å². The lowest BCUT2D eigenvalue weighted by molar-refractivity contribution is -0.147. The maximum absolute atomic E-state index is 13.7. The zero-order chi connectivity index (χ0) is 13.8. The van der Waals surface area contributed by atoms with Gasteiger partial charge in [0, 0.05) is 5.56 Å². The summed E-state index contributed by atoms with van der Waals surface area (Å²) in [5.74, 6) is -4.32. The normalized spacial score (nSPS) is 11.3. The summed E-state index contributed by atoms with van der Waals surface area (Å²) in [6, 6.07) is 3.71. The standard InChI is InChI=1S/C11H11ClF2O4/c1-17-7-2-3-8(9(12)4-7)11(13,14)6-18-5-10(15)16/h2-4H,5-6H2,1H3,(H,15,16). The summed E-state index contributed by atoms with van der Waals surface area (Å²) in [6.07, 6.45) is 0. The van der Waals surface area contributed by atoms with Crippen molar-refractivity contribution in [3.63, 3.8) is 0 Å². The van der Waals surface area contributed by atoms with Gasteiger partial charge < -0.3 is 14.6 Å². The number of aliphatic carboxylic acids is 1. The number of benzene rings is 1. The van der Waals surface area contributed by atoms with Crippen molar-refractivity contribution in [1.29, 1.82) is 0 Å². The molecule has 0 aromatic heterocycles. The molecule has 0 aliphatic rings. The predicted molar refractivity (Wildman–Crippen MR) is 60.4 cm³/mol. The van der Waals surface area contributed by atoms with E-state index >= 15 is 0 Å². The number of rotatable bonds is 6. The zero-order valence-corrected chi connectivity index (χ0v) is 10.2. The van der Waals surface area contributed by atoms with Crippen LogP contribution in [0.3, 0.4) is 0 Å². The minimum absolute atomic E-state index is 0.168. The molecular formula is C11H11ClF2O4. The highest BCUT2D eigenvalue weighted by Crippen LogP contribution is 2.35. The van der Waals surface area contributed by atoms with Crippen molar-refractivity contribution in [2.24, 2.45) is 0 Å². The SMILES string of the molecule is COc1ccc(C(F)(F)COCC(=O)O)c(Cl)c1. The minimum Gasteiger partial charge on any atom is -0.497 e. The molecule has 1 N–H and O–H groups in total. The van der Waals surface area contributed by atoms with Gasteiger partial charge in [-0.05, 0) is 18.2 Å². The predicted octanol–water partition coefficient (Wildman–Crippen LogP) is 2.54. The van der Waals surface area contributed by atoms with Crippen LogP contribution in [0.1, 0.15) is 5.56 Å². The van der Waals surface area contributed by atoms with E-state index in [-0.39, 0.29) is 5.02 Å². The highest BCUT2D eigenvalue weighted by atomic mass is 35.5. The largest absolute Gasteiger partial charge is 0.497 e. The number of alkyl halides is 2. The summed E-state index contributed by atoms with van der Waals surface area (Å²) < 4.78 is 36.5. The lowest BCUT2D eigenvalue weighted by Gasteiger charge is -2.18. The molecule has 0 radical (unpaired) electrons. The molecule has 1 aromatic carbocycles. The van der Waals surface area contributed by atoms with Crippen LogP contribution in [-0.2, 0) is 15.5 Å². The molecule has 0 unspecified atom stereocenters. The van der Waals surface area contributed by atoms with Gasteiger partial charge in [0.05, 0.1) is 12.1 Å². The third kappa shape index (κ3) is 3.82. The summed E-state index contributed by atoms with van der Waals surface area (Å²) in [5.41, 5.74) is -0.435. The third-order valence-electron chi connectivity index (χ3n) is 2.08. The molecule has 0 bridgehead atoms. The summed E-state index contributed by atoms with van der Waals surface area (Å²) >= 11 is 5.70. The number of hydrogen-bond donors (Lipinski definition) is 1. The molecule has 0 aliphatic heterocycles. The Morgan fingerprint density at radius 1 is 1.50 bits per heavy atom. The number of carboxylic acids is 1. The monoisotopic (exact) mass is 280 g/mol. The van der Waals surface area contributed by atoms with E-state index in [1.165, 1.54) is 19.2 Å². The second-order valence-electron chi connectivity index (χ2n) is 3.44. The lowest BCUT2D eigenvalue weighted by atomic mass is 10.1. The Morgan fingerprint density at radius 3 is 2.67 bits per heavy atom. The fraction of sp³-hybridized carbons (Fsp3) is 0.364. The third-order valence-corrected chi connectivity index (χ3v) is 2.39. The first-order chi connectivity index (χ1) is 8.36. The molecule has 0 saturated carbocycles. The van der Waals surface area contributed by atoms with E-state index in [0.29, 0.717) is 5.75 Å². The summed E-state index contributed by atoms with van der Waals surface area (Å²) in [7, 11) is 1.39. The smallest absolute Gasteiger partial charge is 0.329 e. The second kappa shape index (κ2) is 5.97. The number of hydrogen-bond acceptors (Lipinski definition) is 3. The highest BCUT2D eigenvalue weighted by molar-refractivity contribution is 6.31. The molecule has 0 spiro atoms. The van der Waals surface area contributed by atoms with Gasteiger partial charge in [-0.2, -0.15) is 8.78 Å². The molecule has 0 heterocycles. The molecule has 0 atom stereocenters. The van der Waals surface area contributed by atoms with E-state index in [0.717, 1.165) is 6.07 Å². The number of methoxy groups -OCH3 is 1. The van der Waals surface area contributed by atoms with Gasteiger partial charge in [-0.15, -0.1) is 0 Å². The first-order valence-corrected chi connectivity index (χ1v) is 5.26. The van der Waals surface area contributed by atoms with E-state index in [1.807, 2.05) is 0 Å². The van der Waals surface area contributed by atoms with E-state index in [9.17, 15) is 13.6 Å². The molecule has 0 saturated heterocycles. The van der Waals surface area contributed by atoms with Gasteiger partial charge in [0.1, 0.15) is 19.0 Å². The van der Waals surface area contributed by atoms with Crippen molar-refractivity contribution >= 4 is 17.6 Å². The van der Waals surface area contributed by atoms with Gasteiger partial charge >= 0.3 is 5.97 Å². The molecule has 100 valence electrons. The summed E-state index contributed by atoms with van der Waals surface area (Å²) in [6.45, 7) is -1.84. The van der Waals surface area contributed by atoms with Crippen LogP contribution < -0.4 is 4.74 Å². The van der Waals surface area contributed by atoms with Crippen LogP contribution in [0.4, 0.5) is 8.78 Å². The average Bonchev–Trinajstić information content (AvgIpc) is 2.27. The molecule has 1 aromatic rings. The molecule has 7 heteroatoms. The number of ether oxygens (including phenoxy) is 2. The van der Waals surface area contributed by atoms with E-state index < -0.39 is 30.7 Å². The van der Waals surface area contributed by atoms with Crippen molar-refractivity contribution in [3.05, 3.63) is 28.8 Å². The Morgan fingerprint density at radius 2 is 2.17 bits per heavy atom. The Labute approximate surface area is 107 Å². The Hall–Kier alpha value is -1.40.